The van der Waals surface area contributed by atoms with E-state index in [4.69, 9.17) is 9.73 Å². The number of fused-ring (bicyclic) bond motifs is 1. The van der Waals surface area contributed by atoms with E-state index in [-0.39, 0.29) is 29.4 Å². The van der Waals surface area contributed by atoms with Gasteiger partial charge in [-0.25, -0.2) is 0 Å². The number of piperidine rings is 1. The van der Waals surface area contributed by atoms with Gasteiger partial charge >= 0.3 is 0 Å². The fraction of sp³-hybridized carbons (Fsp3) is 0.950. The van der Waals surface area contributed by atoms with E-state index in [1.54, 1.807) is 0 Å². The van der Waals surface area contributed by atoms with E-state index in [0.29, 0.717) is 18.1 Å². The van der Waals surface area contributed by atoms with E-state index in [1.165, 1.54) is 45.2 Å². The first-order valence-electron chi connectivity index (χ1n) is 10.5. The summed E-state index contributed by atoms with van der Waals surface area (Å²) in [5.41, 5.74) is 0.210. The van der Waals surface area contributed by atoms with Crippen molar-refractivity contribution in [1.82, 2.24) is 15.1 Å². The van der Waals surface area contributed by atoms with Gasteiger partial charge in [-0.2, -0.15) is 0 Å². The minimum atomic E-state index is 0. The molecule has 1 saturated carbocycles. The number of hydrogen-bond acceptors (Lipinski definition) is 3. The molecule has 0 amide bonds. The molecule has 1 N–H and O–H groups in total. The second-order valence-electron chi connectivity index (χ2n) is 8.97. The Balaban J connectivity index is 0.00000196. The summed E-state index contributed by atoms with van der Waals surface area (Å²) in [6.45, 7) is 13.5. The van der Waals surface area contributed by atoms with Crippen molar-refractivity contribution in [3.05, 3.63) is 0 Å². The van der Waals surface area contributed by atoms with Crippen LogP contribution in [0.3, 0.4) is 0 Å². The molecule has 3 aliphatic heterocycles. The highest BCUT2D eigenvalue weighted by Crippen LogP contribution is 2.52. The average molecular weight is 476 g/mol. The second kappa shape index (κ2) is 8.52. The van der Waals surface area contributed by atoms with Crippen LogP contribution in [0.2, 0.25) is 0 Å². The lowest BCUT2D eigenvalue weighted by atomic mass is 9.57. The highest BCUT2D eigenvalue weighted by Gasteiger charge is 2.59. The summed E-state index contributed by atoms with van der Waals surface area (Å²) in [6, 6.07) is 1.22. The molecule has 4 rings (SSSR count). The Morgan fingerprint density at radius 1 is 1.15 bits per heavy atom. The number of ether oxygens (including phenoxy) is 1. The van der Waals surface area contributed by atoms with Gasteiger partial charge in [0.25, 0.3) is 0 Å². The number of guanidine groups is 1. The van der Waals surface area contributed by atoms with Crippen molar-refractivity contribution >= 4 is 29.9 Å². The van der Waals surface area contributed by atoms with E-state index in [1.807, 2.05) is 0 Å². The Morgan fingerprint density at radius 2 is 1.92 bits per heavy atom. The predicted molar refractivity (Wildman–Crippen MR) is 117 cm³/mol. The second-order valence-corrected chi connectivity index (χ2v) is 8.97. The summed E-state index contributed by atoms with van der Waals surface area (Å²) in [5, 5.41) is 3.86. The molecule has 4 aliphatic rings. The lowest BCUT2D eigenvalue weighted by molar-refractivity contribution is -0.107. The van der Waals surface area contributed by atoms with Gasteiger partial charge in [-0.05, 0) is 45.7 Å². The molecular formula is C20H37IN4O. The van der Waals surface area contributed by atoms with Crippen molar-refractivity contribution < 1.29 is 4.74 Å². The summed E-state index contributed by atoms with van der Waals surface area (Å²) >= 11 is 0. The van der Waals surface area contributed by atoms with E-state index in [0.717, 1.165) is 38.2 Å². The van der Waals surface area contributed by atoms with Crippen molar-refractivity contribution in [2.45, 2.75) is 71.1 Å². The minimum Gasteiger partial charge on any atom is -0.377 e. The van der Waals surface area contributed by atoms with Gasteiger partial charge in [0.15, 0.2) is 5.96 Å². The zero-order chi connectivity index (χ0) is 17.4. The summed E-state index contributed by atoms with van der Waals surface area (Å²) in [6.07, 6.45) is 7.09. The molecule has 3 saturated heterocycles. The maximum Gasteiger partial charge on any atom is 0.194 e. The Labute approximate surface area is 176 Å². The maximum atomic E-state index is 5.96. The van der Waals surface area contributed by atoms with Crippen LogP contribution in [0.1, 0.15) is 52.9 Å². The van der Waals surface area contributed by atoms with Crippen LogP contribution in [0.5, 0.6) is 0 Å². The first-order valence-corrected chi connectivity index (χ1v) is 10.5. The van der Waals surface area contributed by atoms with Crippen LogP contribution >= 0.6 is 24.0 Å². The molecule has 3 heterocycles. The zero-order valence-corrected chi connectivity index (χ0v) is 19.1. The normalized spacial score (nSPS) is 37.0. The van der Waals surface area contributed by atoms with Crippen LogP contribution in [0.25, 0.3) is 0 Å². The van der Waals surface area contributed by atoms with Crippen molar-refractivity contribution in [2.75, 3.05) is 39.3 Å². The predicted octanol–water partition coefficient (Wildman–Crippen LogP) is 2.94. The number of rotatable bonds is 3. The summed E-state index contributed by atoms with van der Waals surface area (Å²) < 4.78 is 5.96. The molecule has 4 fully saturated rings. The van der Waals surface area contributed by atoms with Crippen LogP contribution in [0, 0.1) is 11.3 Å². The fourth-order valence-corrected chi connectivity index (χ4v) is 5.66. The number of likely N-dealkylation sites (tertiary alicyclic amines) is 2. The largest absolute Gasteiger partial charge is 0.377 e. The molecule has 0 aromatic carbocycles. The molecule has 1 aliphatic carbocycles. The van der Waals surface area contributed by atoms with Gasteiger partial charge < -0.3 is 15.0 Å². The molecule has 4 unspecified atom stereocenters. The van der Waals surface area contributed by atoms with Crippen molar-refractivity contribution in [1.29, 1.82) is 0 Å². The molecule has 0 aromatic rings. The third kappa shape index (κ3) is 3.75. The third-order valence-corrected chi connectivity index (χ3v) is 7.06. The Hall–Kier alpha value is -0.0800. The van der Waals surface area contributed by atoms with Crippen molar-refractivity contribution in [2.24, 2.45) is 16.3 Å². The molecule has 6 heteroatoms. The monoisotopic (exact) mass is 476 g/mol. The lowest BCUT2D eigenvalue weighted by Gasteiger charge is -2.55. The molecule has 26 heavy (non-hydrogen) atoms. The third-order valence-electron chi connectivity index (χ3n) is 7.06. The van der Waals surface area contributed by atoms with Gasteiger partial charge in [0.2, 0.25) is 0 Å². The van der Waals surface area contributed by atoms with Gasteiger partial charge in [-0.1, -0.05) is 20.3 Å². The van der Waals surface area contributed by atoms with Gasteiger partial charge in [-0.15, -0.1) is 24.0 Å². The summed E-state index contributed by atoms with van der Waals surface area (Å²) in [4.78, 5) is 10.1. The fourth-order valence-electron chi connectivity index (χ4n) is 5.66. The molecule has 5 nitrogen and oxygen atoms in total. The molecule has 0 radical (unpaired) electrons. The summed E-state index contributed by atoms with van der Waals surface area (Å²) in [5.74, 6) is 1.81. The van der Waals surface area contributed by atoms with E-state index in [9.17, 15) is 0 Å². The van der Waals surface area contributed by atoms with Crippen molar-refractivity contribution in [3.8, 4) is 0 Å². The van der Waals surface area contributed by atoms with Gasteiger partial charge in [0, 0.05) is 49.7 Å². The molecule has 0 spiro atoms. The average Bonchev–Trinajstić information content (AvgIpc) is 3.28. The highest BCUT2D eigenvalue weighted by molar-refractivity contribution is 14.0. The van der Waals surface area contributed by atoms with E-state index < -0.39 is 0 Å². The maximum absolute atomic E-state index is 5.96. The number of hydrogen-bond donors (Lipinski definition) is 1. The quantitative estimate of drug-likeness (QED) is 0.387. The Morgan fingerprint density at radius 3 is 2.65 bits per heavy atom. The van der Waals surface area contributed by atoms with Crippen LogP contribution in [0.4, 0.5) is 0 Å². The minimum absolute atomic E-state index is 0. The van der Waals surface area contributed by atoms with Gasteiger partial charge in [0.1, 0.15) is 0 Å². The molecule has 150 valence electrons. The molecule has 0 aromatic heterocycles. The standard InChI is InChI=1S/C20H36N4O.HI/c1-4-21-19(22-17-16-9-13-25-18(16)20(17,2)3)24-12-8-15(14-24)23-10-6-5-7-11-23;/h15-18H,4-14H2,1-3H3,(H,21,22);1H. The van der Waals surface area contributed by atoms with Gasteiger partial charge in [0.05, 0.1) is 6.10 Å². The first-order chi connectivity index (χ1) is 12.1. The number of aliphatic imine (C=N–C) groups is 1. The first kappa shape index (κ1) is 20.6. The molecule has 4 atom stereocenters. The summed E-state index contributed by atoms with van der Waals surface area (Å²) in [7, 11) is 0. The van der Waals surface area contributed by atoms with Gasteiger partial charge in [-0.3, -0.25) is 9.89 Å². The zero-order valence-electron chi connectivity index (χ0n) is 16.7. The molecular weight excluding hydrogens is 439 g/mol. The Bertz CT molecular complexity index is 506. The van der Waals surface area contributed by atoms with E-state index >= 15 is 0 Å². The van der Waals surface area contributed by atoms with Crippen LogP contribution in [-0.4, -0.2) is 73.3 Å². The van der Waals surface area contributed by atoms with Crippen LogP contribution in [-0.2, 0) is 4.74 Å². The van der Waals surface area contributed by atoms with Crippen molar-refractivity contribution in [3.63, 3.8) is 0 Å². The van der Waals surface area contributed by atoms with E-state index in [2.05, 4.69) is 35.9 Å². The lowest BCUT2D eigenvalue weighted by Crippen LogP contribution is -2.68. The number of nitrogens with one attached hydrogen (secondary N) is 1. The highest BCUT2D eigenvalue weighted by atomic mass is 127. The molecule has 0 bridgehead atoms. The Kier molecular flexibility index (Phi) is 6.76. The number of halogens is 1. The smallest absolute Gasteiger partial charge is 0.194 e. The topological polar surface area (TPSA) is 40.1 Å². The SMILES string of the molecule is CCN=C(NC1C2CCOC2C1(C)C)N1CCC(N2CCCCC2)C1.I. The van der Waals surface area contributed by atoms with Crippen LogP contribution in [0.15, 0.2) is 4.99 Å². The van der Waals surface area contributed by atoms with Crippen LogP contribution < -0.4 is 5.32 Å². The number of nitrogens with zero attached hydrogens (tertiary/aromatic N) is 3.